The third-order valence-corrected chi connectivity index (χ3v) is 8.62. The summed E-state index contributed by atoms with van der Waals surface area (Å²) in [4.78, 5) is 13.4. The third-order valence-electron chi connectivity index (χ3n) is 5.17. The average Bonchev–Trinajstić information content (AvgIpc) is 3.24. The number of hydrogen-bond donors (Lipinski definition) is 1. The second-order valence-corrected chi connectivity index (χ2v) is 10.7. The summed E-state index contributed by atoms with van der Waals surface area (Å²) < 4.78 is 27.5. The van der Waals surface area contributed by atoms with Crippen LogP contribution in [0.25, 0.3) is 11.1 Å². The molecule has 2 heterocycles. The van der Waals surface area contributed by atoms with Crippen LogP contribution < -0.4 is 5.32 Å². The van der Waals surface area contributed by atoms with Crippen molar-refractivity contribution in [1.29, 1.82) is 0 Å². The Kier molecular flexibility index (Phi) is 6.32. The van der Waals surface area contributed by atoms with E-state index in [1.54, 1.807) is 16.4 Å². The topological polar surface area (TPSA) is 66.5 Å². The van der Waals surface area contributed by atoms with Crippen molar-refractivity contribution in [1.82, 2.24) is 4.31 Å². The van der Waals surface area contributed by atoms with Gasteiger partial charge in [0.2, 0.25) is 5.91 Å². The monoisotopic (exact) mass is 440 g/mol. The molecular weight excluding hydrogens is 416 g/mol. The number of benzene rings is 2. The number of sulfonamides is 1. The number of carbonyl (C=O) groups excluding carboxylic acids is 1. The molecule has 3 aromatic rings. The van der Waals surface area contributed by atoms with Crippen molar-refractivity contribution in [2.45, 2.75) is 29.9 Å². The number of rotatable bonds is 6. The van der Waals surface area contributed by atoms with Gasteiger partial charge in [-0.1, -0.05) is 55.0 Å². The molecule has 5 nitrogen and oxygen atoms in total. The highest BCUT2D eigenvalue weighted by Crippen LogP contribution is 2.29. The van der Waals surface area contributed by atoms with Crippen LogP contribution in [0.2, 0.25) is 0 Å². The molecule has 156 valence electrons. The van der Waals surface area contributed by atoms with E-state index in [0.717, 1.165) is 41.0 Å². The highest BCUT2D eigenvalue weighted by Gasteiger charge is 2.27. The van der Waals surface area contributed by atoms with E-state index in [-0.39, 0.29) is 12.3 Å². The van der Waals surface area contributed by atoms with Gasteiger partial charge in [-0.05, 0) is 36.6 Å². The number of nitrogens with zero attached hydrogens (tertiary/aromatic N) is 1. The van der Waals surface area contributed by atoms with Crippen molar-refractivity contribution in [3.63, 3.8) is 0 Å². The minimum atomic E-state index is -3.46. The lowest BCUT2D eigenvalue weighted by molar-refractivity contribution is -0.115. The molecule has 0 aliphatic carbocycles. The van der Waals surface area contributed by atoms with Crippen molar-refractivity contribution in [3.8, 4) is 11.1 Å². The quantitative estimate of drug-likeness (QED) is 0.600. The summed E-state index contributed by atoms with van der Waals surface area (Å²) in [5, 5.41) is 2.98. The van der Waals surface area contributed by atoms with E-state index in [1.165, 1.54) is 11.3 Å². The van der Waals surface area contributed by atoms with Gasteiger partial charge < -0.3 is 5.32 Å². The van der Waals surface area contributed by atoms with Gasteiger partial charge in [-0.15, -0.1) is 11.3 Å². The van der Waals surface area contributed by atoms with E-state index in [9.17, 15) is 13.2 Å². The van der Waals surface area contributed by atoms with Gasteiger partial charge in [-0.3, -0.25) is 4.79 Å². The van der Waals surface area contributed by atoms with Gasteiger partial charge in [0.05, 0.1) is 6.42 Å². The van der Waals surface area contributed by atoms with Crippen molar-refractivity contribution in [2.24, 2.45) is 0 Å². The van der Waals surface area contributed by atoms with E-state index < -0.39 is 10.0 Å². The van der Waals surface area contributed by atoms with Crippen molar-refractivity contribution in [2.75, 3.05) is 18.4 Å². The summed E-state index contributed by atoms with van der Waals surface area (Å²) in [7, 11) is -3.46. The van der Waals surface area contributed by atoms with Crippen LogP contribution in [0.15, 0.2) is 70.9 Å². The standard InChI is InChI=1S/C23H24N2O3S2/c26-22(24-21-12-6-5-11-20(21)18-9-3-1-4-10-18)17-19-13-14-23(29-19)30(27,28)25-15-7-2-8-16-25/h1,3-6,9-14H,2,7-8,15-17H2,(H,24,26). The van der Waals surface area contributed by atoms with Gasteiger partial charge in [-0.25, -0.2) is 8.42 Å². The summed E-state index contributed by atoms with van der Waals surface area (Å²) in [5.41, 5.74) is 2.72. The molecule has 0 spiro atoms. The van der Waals surface area contributed by atoms with Crippen LogP contribution in [0.1, 0.15) is 24.1 Å². The Balaban J connectivity index is 1.46. The molecule has 1 fully saturated rings. The van der Waals surface area contributed by atoms with E-state index in [2.05, 4.69) is 5.32 Å². The van der Waals surface area contributed by atoms with E-state index >= 15 is 0 Å². The number of thiophene rings is 1. The SMILES string of the molecule is O=C(Cc1ccc(S(=O)(=O)N2CCCCC2)s1)Nc1ccccc1-c1ccccc1. The summed E-state index contributed by atoms with van der Waals surface area (Å²) in [6, 6.07) is 20.9. The second-order valence-electron chi connectivity index (χ2n) is 7.32. The Morgan fingerprint density at radius 3 is 2.37 bits per heavy atom. The lowest BCUT2D eigenvalue weighted by Gasteiger charge is -2.25. The van der Waals surface area contributed by atoms with Crippen molar-refractivity contribution in [3.05, 3.63) is 71.6 Å². The first kappa shape index (κ1) is 20.8. The summed E-state index contributed by atoms with van der Waals surface area (Å²) in [6.07, 6.45) is 3.02. The fourth-order valence-corrected chi connectivity index (χ4v) is 6.66. The smallest absolute Gasteiger partial charge is 0.252 e. The first-order valence-electron chi connectivity index (χ1n) is 10.1. The zero-order valence-electron chi connectivity index (χ0n) is 16.6. The number of anilines is 1. The summed E-state index contributed by atoms with van der Waals surface area (Å²) in [5.74, 6) is -0.165. The van der Waals surface area contributed by atoms with Crippen LogP contribution in [0.5, 0.6) is 0 Å². The van der Waals surface area contributed by atoms with Crippen LogP contribution in [0.3, 0.4) is 0 Å². The summed E-state index contributed by atoms with van der Waals surface area (Å²) >= 11 is 1.18. The highest BCUT2D eigenvalue weighted by atomic mass is 32.2. The molecule has 1 aliphatic heterocycles. The maximum Gasteiger partial charge on any atom is 0.252 e. The number of hydrogen-bond acceptors (Lipinski definition) is 4. The van der Waals surface area contributed by atoms with Gasteiger partial charge in [0, 0.05) is 29.2 Å². The molecule has 1 aliphatic rings. The fraction of sp³-hybridized carbons (Fsp3) is 0.261. The second kappa shape index (κ2) is 9.12. The number of piperidine rings is 1. The number of para-hydroxylation sites is 1. The molecule has 0 radical (unpaired) electrons. The fourth-order valence-electron chi connectivity index (χ4n) is 3.64. The predicted molar refractivity (Wildman–Crippen MR) is 121 cm³/mol. The first-order chi connectivity index (χ1) is 14.5. The van der Waals surface area contributed by atoms with Crippen LogP contribution in [-0.4, -0.2) is 31.7 Å². The van der Waals surface area contributed by atoms with Crippen molar-refractivity contribution >= 4 is 33.0 Å². The molecular formula is C23H24N2O3S2. The Morgan fingerprint density at radius 1 is 0.900 bits per heavy atom. The average molecular weight is 441 g/mol. The minimum Gasteiger partial charge on any atom is -0.325 e. The first-order valence-corrected chi connectivity index (χ1v) is 12.3. The van der Waals surface area contributed by atoms with E-state index in [0.29, 0.717) is 17.3 Å². The van der Waals surface area contributed by atoms with Crippen LogP contribution in [0.4, 0.5) is 5.69 Å². The maximum absolute atomic E-state index is 12.8. The lowest BCUT2D eigenvalue weighted by atomic mass is 10.0. The number of nitrogens with one attached hydrogen (secondary N) is 1. The van der Waals surface area contributed by atoms with Gasteiger partial charge in [0.25, 0.3) is 10.0 Å². The normalized spacial score (nSPS) is 15.1. The highest BCUT2D eigenvalue weighted by molar-refractivity contribution is 7.91. The largest absolute Gasteiger partial charge is 0.325 e. The Labute approximate surface area is 181 Å². The maximum atomic E-state index is 12.8. The molecule has 1 saturated heterocycles. The van der Waals surface area contributed by atoms with Crippen LogP contribution in [0, 0.1) is 0 Å². The van der Waals surface area contributed by atoms with Crippen LogP contribution in [-0.2, 0) is 21.2 Å². The molecule has 1 N–H and O–H groups in total. The molecule has 1 aromatic heterocycles. The molecule has 7 heteroatoms. The van der Waals surface area contributed by atoms with Crippen LogP contribution >= 0.6 is 11.3 Å². The Bertz CT molecular complexity index is 1120. The molecule has 0 atom stereocenters. The van der Waals surface area contributed by atoms with Gasteiger partial charge in [0.1, 0.15) is 4.21 Å². The third kappa shape index (κ3) is 4.64. The molecule has 1 amide bonds. The predicted octanol–water partition coefficient (Wildman–Crippen LogP) is 4.77. The molecule has 30 heavy (non-hydrogen) atoms. The van der Waals surface area contributed by atoms with Gasteiger partial charge in [-0.2, -0.15) is 4.31 Å². The van der Waals surface area contributed by atoms with Gasteiger partial charge >= 0.3 is 0 Å². The van der Waals surface area contributed by atoms with Crippen molar-refractivity contribution < 1.29 is 13.2 Å². The molecule has 2 aromatic carbocycles. The molecule has 4 rings (SSSR count). The number of amides is 1. The van der Waals surface area contributed by atoms with E-state index in [1.807, 2.05) is 54.6 Å². The molecule has 0 unspecified atom stereocenters. The molecule has 0 bridgehead atoms. The Hall–Kier alpha value is -2.48. The van der Waals surface area contributed by atoms with E-state index in [4.69, 9.17) is 0 Å². The van der Waals surface area contributed by atoms with Gasteiger partial charge in [0.15, 0.2) is 0 Å². The zero-order valence-corrected chi connectivity index (χ0v) is 18.2. The molecule has 0 saturated carbocycles. The summed E-state index contributed by atoms with van der Waals surface area (Å²) in [6.45, 7) is 1.15. The zero-order chi connectivity index (χ0) is 21.0. The lowest BCUT2D eigenvalue weighted by Crippen LogP contribution is -2.35. The minimum absolute atomic E-state index is 0.142. The Morgan fingerprint density at radius 2 is 1.60 bits per heavy atom. The number of carbonyl (C=O) groups is 1.